The van der Waals surface area contributed by atoms with Crippen LogP contribution in [0.1, 0.15) is 26.2 Å². The fraction of sp³-hybridized carbons (Fsp3) is 0.818. The lowest BCUT2D eigenvalue weighted by Crippen LogP contribution is -2.51. The number of carbonyl (C=O) groups is 2. The Kier molecular flexibility index (Phi) is 6.11. The molecule has 0 aromatic rings. The first-order valence-electron chi connectivity index (χ1n) is 6.17. The molecule has 6 nitrogen and oxygen atoms in total. The molecule has 1 aliphatic heterocycles. The van der Waals surface area contributed by atoms with Gasteiger partial charge in [-0.2, -0.15) is 0 Å². The predicted molar refractivity (Wildman–Crippen MR) is 68.9 cm³/mol. The second-order valence-electron chi connectivity index (χ2n) is 4.32. The number of rotatable bonds is 5. The average Bonchev–Trinajstić information content (AvgIpc) is 2.34. The van der Waals surface area contributed by atoms with Gasteiger partial charge in [0.15, 0.2) is 0 Å². The Bertz CT molecular complexity index is 325. The predicted octanol–water partition coefficient (Wildman–Crippen LogP) is 0.404. The van der Waals surface area contributed by atoms with Crippen LogP contribution in [0, 0.1) is 0 Å². The molecule has 0 radical (unpaired) electrons. The van der Waals surface area contributed by atoms with Crippen LogP contribution in [-0.2, 0) is 15.6 Å². The summed E-state index contributed by atoms with van der Waals surface area (Å²) in [5.41, 5.74) is 0. The van der Waals surface area contributed by atoms with Crippen LogP contribution in [0.15, 0.2) is 0 Å². The van der Waals surface area contributed by atoms with E-state index >= 15 is 0 Å². The number of nitrogens with zero attached hydrogens (tertiary/aromatic N) is 1. The van der Waals surface area contributed by atoms with Gasteiger partial charge in [0.25, 0.3) is 0 Å². The number of aliphatic carboxylic acids is 1. The fourth-order valence-corrected chi connectivity index (χ4v) is 2.80. The maximum absolute atomic E-state index is 11.8. The van der Waals surface area contributed by atoms with E-state index in [1.165, 1.54) is 4.90 Å². The number of urea groups is 1. The minimum Gasteiger partial charge on any atom is -0.480 e. The number of hydrogen-bond acceptors (Lipinski definition) is 3. The maximum atomic E-state index is 11.8. The van der Waals surface area contributed by atoms with Crippen LogP contribution in [-0.4, -0.2) is 56.9 Å². The van der Waals surface area contributed by atoms with Gasteiger partial charge in [-0.25, -0.2) is 9.59 Å². The summed E-state index contributed by atoms with van der Waals surface area (Å²) in [6, 6.07) is -1.19. The molecular formula is C11H20N2O4S. The summed E-state index contributed by atoms with van der Waals surface area (Å²) >= 11 is 0. The van der Waals surface area contributed by atoms with Gasteiger partial charge in [-0.15, -0.1) is 0 Å². The fourth-order valence-electron chi connectivity index (χ4n) is 1.75. The second kappa shape index (κ2) is 7.35. The highest BCUT2D eigenvalue weighted by atomic mass is 32.2. The molecule has 7 heteroatoms. The van der Waals surface area contributed by atoms with Crippen LogP contribution in [0.5, 0.6) is 0 Å². The number of unbranched alkanes of at least 4 members (excludes halogenated alkanes) is 1. The van der Waals surface area contributed by atoms with Crippen LogP contribution < -0.4 is 5.32 Å². The zero-order valence-corrected chi connectivity index (χ0v) is 11.4. The van der Waals surface area contributed by atoms with E-state index < -0.39 is 22.8 Å². The maximum Gasteiger partial charge on any atom is 0.326 e. The number of carbonyl (C=O) groups excluding carboxylic acids is 1. The third-order valence-electron chi connectivity index (χ3n) is 2.91. The minimum absolute atomic E-state index is 0.366. The molecule has 1 fully saturated rings. The molecule has 1 atom stereocenters. The summed E-state index contributed by atoms with van der Waals surface area (Å²) < 4.78 is 11.2. The zero-order valence-electron chi connectivity index (χ0n) is 10.6. The number of nitrogens with one attached hydrogen (secondary N) is 1. The van der Waals surface area contributed by atoms with Crippen molar-refractivity contribution in [2.24, 2.45) is 0 Å². The summed E-state index contributed by atoms with van der Waals surface area (Å²) in [6.45, 7) is 2.83. The summed E-state index contributed by atoms with van der Waals surface area (Å²) in [6.07, 6.45) is 2.10. The highest BCUT2D eigenvalue weighted by Gasteiger charge is 2.24. The molecule has 0 aromatic heterocycles. The van der Waals surface area contributed by atoms with Gasteiger partial charge in [0.1, 0.15) is 6.04 Å². The first kappa shape index (κ1) is 14.9. The Morgan fingerprint density at radius 3 is 2.50 bits per heavy atom. The molecule has 1 rings (SSSR count). The molecule has 1 aliphatic rings. The van der Waals surface area contributed by atoms with E-state index in [4.69, 9.17) is 5.11 Å². The lowest BCUT2D eigenvalue weighted by molar-refractivity contribution is -0.139. The molecule has 2 N–H and O–H groups in total. The van der Waals surface area contributed by atoms with Crippen LogP contribution in [0.3, 0.4) is 0 Å². The first-order chi connectivity index (χ1) is 8.54. The molecule has 0 aliphatic carbocycles. The van der Waals surface area contributed by atoms with Crippen molar-refractivity contribution in [2.75, 3.05) is 24.6 Å². The van der Waals surface area contributed by atoms with Crippen LogP contribution >= 0.6 is 0 Å². The molecule has 0 bridgehead atoms. The van der Waals surface area contributed by atoms with Crippen LogP contribution in [0.4, 0.5) is 4.79 Å². The van der Waals surface area contributed by atoms with Gasteiger partial charge in [0.05, 0.1) is 0 Å². The average molecular weight is 276 g/mol. The van der Waals surface area contributed by atoms with E-state index in [-0.39, 0.29) is 6.03 Å². The van der Waals surface area contributed by atoms with Crippen molar-refractivity contribution in [1.29, 1.82) is 0 Å². The second-order valence-corrected chi connectivity index (χ2v) is 6.01. The molecule has 1 saturated heterocycles. The number of carboxylic acids is 1. The Balaban J connectivity index is 2.45. The van der Waals surface area contributed by atoms with Gasteiger partial charge < -0.3 is 15.3 Å². The topological polar surface area (TPSA) is 86.7 Å². The van der Waals surface area contributed by atoms with Crippen molar-refractivity contribution in [2.45, 2.75) is 32.2 Å². The Morgan fingerprint density at radius 2 is 2.00 bits per heavy atom. The van der Waals surface area contributed by atoms with Crippen molar-refractivity contribution >= 4 is 22.8 Å². The molecule has 0 aromatic carbocycles. The van der Waals surface area contributed by atoms with Gasteiger partial charge in [0, 0.05) is 35.4 Å². The number of carboxylic acid groups (broad SMARTS) is 1. The number of hydrogen-bond donors (Lipinski definition) is 2. The van der Waals surface area contributed by atoms with E-state index in [2.05, 4.69) is 5.32 Å². The number of amides is 2. The van der Waals surface area contributed by atoms with Crippen LogP contribution in [0.25, 0.3) is 0 Å². The van der Waals surface area contributed by atoms with Crippen molar-refractivity contribution in [1.82, 2.24) is 10.2 Å². The van der Waals surface area contributed by atoms with Crippen molar-refractivity contribution in [3.63, 3.8) is 0 Å². The normalized spacial score (nSPS) is 18.4. The summed E-state index contributed by atoms with van der Waals surface area (Å²) in [7, 11) is -0.842. The Labute approximate surface area is 109 Å². The van der Waals surface area contributed by atoms with Gasteiger partial charge in [-0.1, -0.05) is 19.8 Å². The SMILES string of the molecule is CCCC[C@H](NC(=O)N1CCS(=O)CC1)C(=O)O. The summed E-state index contributed by atoms with van der Waals surface area (Å²) in [5, 5.41) is 11.5. The first-order valence-corrected chi connectivity index (χ1v) is 7.66. The largest absolute Gasteiger partial charge is 0.480 e. The van der Waals surface area contributed by atoms with Gasteiger partial charge in [-0.05, 0) is 6.42 Å². The molecule has 2 amide bonds. The quantitative estimate of drug-likeness (QED) is 0.761. The van der Waals surface area contributed by atoms with Gasteiger partial charge >= 0.3 is 12.0 Å². The van der Waals surface area contributed by atoms with E-state index in [1.54, 1.807) is 0 Å². The smallest absolute Gasteiger partial charge is 0.326 e. The summed E-state index contributed by atoms with van der Waals surface area (Å²) in [4.78, 5) is 24.4. The van der Waals surface area contributed by atoms with E-state index in [0.29, 0.717) is 31.0 Å². The molecule has 1 heterocycles. The molecular weight excluding hydrogens is 256 g/mol. The van der Waals surface area contributed by atoms with Gasteiger partial charge in [0.2, 0.25) is 0 Å². The summed E-state index contributed by atoms with van der Waals surface area (Å²) in [5.74, 6) is -0.0577. The standard InChI is InChI=1S/C11H20N2O4S/c1-2-3-4-9(10(14)15)12-11(16)13-5-7-18(17)8-6-13/h9H,2-8H2,1H3,(H,12,16)(H,14,15)/t9-/m0/s1. The van der Waals surface area contributed by atoms with E-state index in [1.807, 2.05) is 6.92 Å². The minimum atomic E-state index is -1.00. The Morgan fingerprint density at radius 1 is 1.39 bits per heavy atom. The highest BCUT2D eigenvalue weighted by molar-refractivity contribution is 7.85. The molecule has 0 unspecified atom stereocenters. The lowest BCUT2D eigenvalue weighted by atomic mass is 10.1. The van der Waals surface area contributed by atoms with Crippen molar-refractivity contribution in [3.05, 3.63) is 0 Å². The zero-order chi connectivity index (χ0) is 13.5. The third-order valence-corrected chi connectivity index (χ3v) is 4.18. The van der Waals surface area contributed by atoms with E-state index in [0.717, 1.165) is 12.8 Å². The van der Waals surface area contributed by atoms with Crippen molar-refractivity contribution in [3.8, 4) is 0 Å². The third kappa shape index (κ3) is 4.64. The van der Waals surface area contributed by atoms with E-state index in [9.17, 15) is 13.8 Å². The molecule has 0 saturated carbocycles. The Hall–Kier alpha value is -1.11. The van der Waals surface area contributed by atoms with Crippen molar-refractivity contribution < 1.29 is 18.9 Å². The monoisotopic (exact) mass is 276 g/mol. The molecule has 104 valence electrons. The molecule has 0 spiro atoms. The van der Waals surface area contributed by atoms with Gasteiger partial charge in [-0.3, -0.25) is 4.21 Å². The van der Waals surface area contributed by atoms with Crippen LogP contribution in [0.2, 0.25) is 0 Å². The molecule has 18 heavy (non-hydrogen) atoms. The highest BCUT2D eigenvalue weighted by Crippen LogP contribution is 2.04. The lowest BCUT2D eigenvalue weighted by Gasteiger charge is -2.28.